The van der Waals surface area contributed by atoms with Crippen LogP contribution in [0.3, 0.4) is 0 Å². The van der Waals surface area contributed by atoms with E-state index in [9.17, 15) is 5.26 Å². The maximum absolute atomic E-state index is 9.18. The van der Waals surface area contributed by atoms with E-state index in [0.717, 1.165) is 26.3 Å². The molecule has 0 saturated carbocycles. The lowest BCUT2D eigenvalue weighted by Crippen LogP contribution is -1.84. The van der Waals surface area contributed by atoms with Gasteiger partial charge in [-0.05, 0) is 41.8 Å². The van der Waals surface area contributed by atoms with E-state index >= 15 is 0 Å². The average molecular weight is 276 g/mol. The molecule has 0 fully saturated rings. The normalized spacial score (nSPS) is 10.3. The molecule has 0 atom stereocenters. The van der Waals surface area contributed by atoms with E-state index in [1.54, 1.807) is 11.8 Å². The van der Waals surface area contributed by atoms with Crippen molar-refractivity contribution in [2.45, 2.75) is 9.79 Å². The van der Waals surface area contributed by atoms with Gasteiger partial charge in [-0.3, -0.25) is 0 Å². The minimum absolute atomic E-state index is 0.710. The van der Waals surface area contributed by atoms with Gasteiger partial charge in [0.2, 0.25) is 0 Å². The van der Waals surface area contributed by atoms with Gasteiger partial charge in [0.25, 0.3) is 0 Å². The third kappa shape index (κ3) is 2.34. The fourth-order valence-corrected chi connectivity index (χ4v) is 3.07. The van der Waals surface area contributed by atoms with Crippen LogP contribution >= 0.6 is 11.8 Å². The minimum atomic E-state index is 0.710. The van der Waals surface area contributed by atoms with Crippen LogP contribution < -0.4 is 5.73 Å². The zero-order valence-corrected chi connectivity index (χ0v) is 11.5. The van der Waals surface area contributed by atoms with Gasteiger partial charge in [-0.1, -0.05) is 36.0 Å². The second-order valence-corrected chi connectivity index (χ2v) is 5.56. The van der Waals surface area contributed by atoms with Gasteiger partial charge in [0.05, 0.1) is 11.6 Å². The molecule has 96 valence electrons. The fourth-order valence-electron chi connectivity index (χ4n) is 2.12. The summed E-state index contributed by atoms with van der Waals surface area (Å²) in [5, 5.41) is 11.3. The molecule has 2 N–H and O–H groups in total. The highest BCUT2D eigenvalue weighted by Gasteiger charge is 2.06. The van der Waals surface area contributed by atoms with Crippen LogP contribution in [0.1, 0.15) is 5.56 Å². The van der Waals surface area contributed by atoms with Gasteiger partial charge in [-0.15, -0.1) is 0 Å². The van der Waals surface area contributed by atoms with Crippen molar-refractivity contribution in [3.05, 3.63) is 66.2 Å². The molecule has 3 aromatic carbocycles. The van der Waals surface area contributed by atoms with Crippen LogP contribution in [0.2, 0.25) is 0 Å². The zero-order valence-electron chi connectivity index (χ0n) is 10.7. The van der Waals surface area contributed by atoms with Crippen molar-refractivity contribution >= 4 is 28.2 Å². The number of benzene rings is 3. The number of fused-ring (bicyclic) bond motifs is 1. The van der Waals surface area contributed by atoms with E-state index in [1.807, 2.05) is 54.6 Å². The van der Waals surface area contributed by atoms with Crippen molar-refractivity contribution in [3.8, 4) is 6.07 Å². The molecule has 0 aliphatic rings. The van der Waals surface area contributed by atoms with Crippen molar-refractivity contribution < 1.29 is 0 Å². The molecule has 0 aliphatic carbocycles. The molecule has 0 heterocycles. The highest BCUT2D eigenvalue weighted by atomic mass is 32.2. The van der Waals surface area contributed by atoms with Crippen molar-refractivity contribution in [2.75, 3.05) is 5.73 Å². The van der Waals surface area contributed by atoms with Crippen LogP contribution in [0.25, 0.3) is 10.8 Å². The van der Waals surface area contributed by atoms with Crippen LogP contribution in [0.15, 0.2) is 70.5 Å². The summed E-state index contributed by atoms with van der Waals surface area (Å²) in [5.74, 6) is 0. The summed E-state index contributed by atoms with van der Waals surface area (Å²) < 4.78 is 0. The topological polar surface area (TPSA) is 49.8 Å². The summed E-state index contributed by atoms with van der Waals surface area (Å²) in [5.41, 5.74) is 7.18. The van der Waals surface area contributed by atoms with Gasteiger partial charge in [-0.2, -0.15) is 5.26 Å². The Bertz CT molecular complexity index is 801. The number of nitrogens with two attached hydrogens (primary N) is 1. The first-order valence-corrected chi connectivity index (χ1v) is 7.05. The van der Waals surface area contributed by atoms with E-state index in [4.69, 9.17) is 5.73 Å². The number of nitriles is 1. The Morgan fingerprint density at radius 2 is 1.55 bits per heavy atom. The maximum Gasteiger partial charge on any atom is 0.0998 e. The SMILES string of the molecule is N#Cc1ccc(Sc2ccc(N)cc2)c2ccccc12. The third-order valence-corrected chi connectivity index (χ3v) is 4.20. The Kier molecular flexibility index (Phi) is 3.32. The van der Waals surface area contributed by atoms with Gasteiger partial charge >= 0.3 is 0 Å². The van der Waals surface area contributed by atoms with Crippen LogP contribution in [0, 0.1) is 11.3 Å². The molecule has 0 spiro atoms. The summed E-state index contributed by atoms with van der Waals surface area (Å²) in [6.45, 7) is 0. The quantitative estimate of drug-likeness (QED) is 0.704. The molecule has 3 aromatic rings. The lowest BCUT2D eigenvalue weighted by atomic mass is 10.1. The number of hydrogen-bond acceptors (Lipinski definition) is 3. The Morgan fingerprint density at radius 1 is 0.850 bits per heavy atom. The lowest BCUT2D eigenvalue weighted by molar-refractivity contribution is 1.43. The van der Waals surface area contributed by atoms with Crippen LogP contribution in [-0.4, -0.2) is 0 Å². The zero-order chi connectivity index (χ0) is 13.9. The summed E-state index contributed by atoms with van der Waals surface area (Å²) >= 11 is 1.68. The van der Waals surface area contributed by atoms with Crippen molar-refractivity contribution in [3.63, 3.8) is 0 Å². The number of hydrogen-bond donors (Lipinski definition) is 1. The van der Waals surface area contributed by atoms with Crippen molar-refractivity contribution in [2.24, 2.45) is 0 Å². The number of nitrogens with zero attached hydrogens (tertiary/aromatic N) is 1. The van der Waals surface area contributed by atoms with Gasteiger partial charge in [-0.25, -0.2) is 0 Å². The highest BCUT2D eigenvalue weighted by molar-refractivity contribution is 7.99. The number of rotatable bonds is 2. The largest absolute Gasteiger partial charge is 0.399 e. The molecular formula is C17H12N2S. The van der Waals surface area contributed by atoms with Crippen molar-refractivity contribution in [1.29, 1.82) is 5.26 Å². The molecule has 0 amide bonds. The van der Waals surface area contributed by atoms with E-state index in [1.165, 1.54) is 0 Å². The molecule has 0 bridgehead atoms. The first-order chi connectivity index (χ1) is 9.78. The van der Waals surface area contributed by atoms with E-state index in [2.05, 4.69) is 12.1 Å². The smallest absolute Gasteiger partial charge is 0.0998 e. The fraction of sp³-hybridized carbons (Fsp3) is 0. The average Bonchev–Trinajstić information content (AvgIpc) is 2.50. The molecule has 3 rings (SSSR count). The molecular weight excluding hydrogens is 264 g/mol. The van der Waals surface area contributed by atoms with E-state index in [0.29, 0.717) is 5.56 Å². The molecule has 0 unspecified atom stereocenters. The van der Waals surface area contributed by atoms with Crippen LogP contribution in [0.4, 0.5) is 5.69 Å². The van der Waals surface area contributed by atoms with Gasteiger partial charge < -0.3 is 5.73 Å². The predicted molar refractivity (Wildman–Crippen MR) is 83.6 cm³/mol. The predicted octanol–water partition coefficient (Wildman–Crippen LogP) is 4.44. The Morgan fingerprint density at radius 3 is 2.25 bits per heavy atom. The van der Waals surface area contributed by atoms with E-state index in [-0.39, 0.29) is 0 Å². The summed E-state index contributed by atoms with van der Waals surface area (Å²) in [6, 6.07) is 21.9. The summed E-state index contributed by atoms with van der Waals surface area (Å²) in [4.78, 5) is 2.28. The lowest BCUT2D eigenvalue weighted by Gasteiger charge is -2.08. The monoisotopic (exact) mass is 276 g/mol. The summed E-state index contributed by atoms with van der Waals surface area (Å²) in [7, 11) is 0. The number of anilines is 1. The van der Waals surface area contributed by atoms with Crippen LogP contribution in [-0.2, 0) is 0 Å². The number of nitrogen functional groups attached to an aromatic ring is 1. The van der Waals surface area contributed by atoms with Crippen LogP contribution in [0.5, 0.6) is 0 Å². The summed E-state index contributed by atoms with van der Waals surface area (Å²) in [6.07, 6.45) is 0. The molecule has 0 saturated heterocycles. The first kappa shape index (κ1) is 12.6. The van der Waals surface area contributed by atoms with Crippen molar-refractivity contribution in [1.82, 2.24) is 0 Å². The highest BCUT2D eigenvalue weighted by Crippen LogP contribution is 2.34. The first-order valence-electron chi connectivity index (χ1n) is 6.23. The molecule has 20 heavy (non-hydrogen) atoms. The second-order valence-electron chi connectivity index (χ2n) is 4.44. The molecule has 3 heteroatoms. The van der Waals surface area contributed by atoms with Gasteiger partial charge in [0, 0.05) is 20.9 Å². The van der Waals surface area contributed by atoms with E-state index < -0.39 is 0 Å². The Hall–Kier alpha value is -2.44. The minimum Gasteiger partial charge on any atom is -0.399 e. The maximum atomic E-state index is 9.18. The molecule has 2 nitrogen and oxygen atoms in total. The third-order valence-electron chi connectivity index (χ3n) is 3.11. The Balaban J connectivity index is 2.09. The second kappa shape index (κ2) is 5.28. The molecule has 0 aliphatic heterocycles. The molecule has 0 radical (unpaired) electrons. The molecule has 0 aromatic heterocycles. The Labute approximate surface area is 121 Å². The van der Waals surface area contributed by atoms with Gasteiger partial charge in [0.15, 0.2) is 0 Å². The standard InChI is InChI=1S/C17H12N2S/c18-11-12-5-10-17(16-4-2-1-3-15(12)16)20-14-8-6-13(19)7-9-14/h1-10H,19H2. The van der Waals surface area contributed by atoms with Gasteiger partial charge in [0.1, 0.15) is 0 Å².